The number of hydrogen-bond donors (Lipinski definition) is 1. The highest BCUT2D eigenvalue weighted by molar-refractivity contribution is 5.81. The summed E-state index contributed by atoms with van der Waals surface area (Å²) in [6, 6.07) is 4.45. The quantitative estimate of drug-likeness (QED) is 0.766. The summed E-state index contributed by atoms with van der Waals surface area (Å²) in [4.78, 5) is 13.6. The molecule has 0 aromatic heterocycles. The highest BCUT2D eigenvalue weighted by atomic mass is 19.1. The van der Waals surface area contributed by atoms with E-state index in [2.05, 4.69) is 18.5 Å². The van der Waals surface area contributed by atoms with Crippen molar-refractivity contribution in [3.05, 3.63) is 54.9 Å². The van der Waals surface area contributed by atoms with Gasteiger partial charge >= 0.3 is 0 Å². The summed E-state index contributed by atoms with van der Waals surface area (Å²) in [5.74, 6) is -0.405. The molecule has 1 amide bonds. The van der Waals surface area contributed by atoms with Crippen LogP contribution in [-0.2, 0) is 4.79 Å². The van der Waals surface area contributed by atoms with Gasteiger partial charge in [0.05, 0.1) is 6.54 Å². The lowest BCUT2D eigenvalue weighted by atomic mass is 10.2. The zero-order valence-electron chi connectivity index (χ0n) is 11.2. The normalized spacial score (nSPS) is 9.79. The number of halogens is 1. The molecule has 0 aliphatic heterocycles. The maximum absolute atomic E-state index is 13.1. The van der Waals surface area contributed by atoms with E-state index in [1.807, 2.05) is 6.92 Å². The molecule has 0 unspecified atom stereocenters. The molecule has 0 bridgehead atoms. The van der Waals surface area contributed by atoms with Gasteiger partial charge in [0.25, 0.3) is 0 Å². The fourth-order valence-corrected chi connectivity index (χ4v) is 1.66. The molecule has 102 valence electrons. The zero-order chi connectivity index (χ0) is 14.3. The number of carbonyl (C=O) groups excluding carboxylic acids is 1. The van der Waals surface area contributed by atoms with Crippen LogP contribution in [0.25, 0.3) is 0 Å². The highest BCUT2D eigenvalue weighted by Crippen LogP contribution is 2.15. The van der Waals surface area contributed by atoms with Crippen LogP contribution in [0.15, 0.2) is 43.5 Å². The van der Waals surface area contributed by atoms with Crippen LogP contribution in [-0.4, -0.2) is 30.4 Å². The van der Waals surface area contributed by atoms with E-state index in [9.17, 15) is 9.18 Å². The fraction of sp³-hybridized carbons (Fsp3) is 0.267. The SMILES string of the molecule is C=CCN(CC=C)C(=O)CNc1cc(F)ccc1C. The molecule has 1 aromatic carbocycles. The first-order chi connectivity index (χ1) is 9.08. The minimum atomic E-state index is -0.324. The molecule has 0 saturated heterocycles. The van der Waals surface area contributed by atoms with Crippen molar-refractivity contribution in [1.82, 2.24) is 4.90 Å². The van der Waals surface area contributed by atoms with E-state index in [-0.39, 0.29) is 18.3 Å². The predicted molar refractivity (Wildman–Crippen MR) is 76.6 cm³/mol. The van der Waals surface area contributed by atoms with Gasteiger partial charge < -0.3 is 10.2 Å². The van der Waals surface area contributed by atoms with Gasteiger partial charge in [0, 0.05) is 18.8 Å². The van der Waals surface area contributed by atoms with Gasteiger partial charge in [-0.2, -0.15) is 0 Å². The van der Waals surface area contributed by atoms with Gasteiger partial charge in [0.15, 0.2) is 0 Å². The van der Waals surface area contributed by atoms with Crippen LogP contribution in [0.4, 0.5) is 10.1 Å². The fourth-order valence-electron chi connectivity index (χ4n) is 1.66. The predicted octanol–water partition coefficient (Wildman–Crippen LogP) is 2.75. The topological polar surface area (TPSA) is 32.3 Å². The van der Waals surface area contributed by atoms with E-state index in [0.717, 1.165) is 5.56 Å². The van der Waals surface area contributed by atoms with Gasteiger partial charge in [-0.15, -0.1) is 13.2 Å². The highest BCUT2D eigenvalue weighted by Gasteiger charge is 2.10. The van der Waals surface area contributed by atoms with Crippen molar-refractivity contribution in [2.45, 2.75) is 6.92 Å². The lowest BCUT2D eigenvalue weighted by Crippen LogP contribution is -2.35. The lowest BCUT2D eigenvalue weighted by molar-refractivity contribution is -0.128. The maximum Gasteiger partial charge on any atom is 0.242 e. The van der Waals surface area contributed by atoms with Gasteiger partial charge in [-0.3, -0.25) is 4.79 Å². The minimum Gasteiger partial charge on any atom is -0.376 e. The average Bonchev–Trinajstić information content (AvgIpc) is 2.39. The Labute approximate surface area is 113 Å². The number of hydrogen-bond acceptors (Lipinski definition) is 2. The molecule has 1 N–H and O–H groups in total. The summed E-state index contributed by atoms with van der Waals surface area (Å²) < 4.78 is 13.1. The Morgan fingerprint density at radius 2 is 2.00 bits per heavy atom. The second-order valence-electron chi connectivity index (χ2n) is 4.19. The first-order valence-corrected chi connectivity index (χ1v) is 6.08. The molecule has 0 aliphatic rings. The van der Waals surface area contributed by atoms with Crippen LogP contribution in [0.5, 0.6) is 0 Å². The van der Waals surface area contributed by atoms with E-state index in [4.69, 9.17) is 0 Å². The molecule has 0 radical (unpaired) electrons. The monoisotopic (exact) mass is 262 g/mol. The van der Waals surface area contributed by atoms with Gasteiger partial charge in [-0.1, -0.05) is 18.2 Å². The third-order valence-corrected chi connectivity index (χ3v) is 2.68. The first-order valence-electron chi connectivity index (χ1n) is 6.08. The Kier molecular flexibility index (Phi) is 5.79. The summed E-state index contributed by atoms with van der Waals surface area (Å²) in [5, 5.41) is 2.95. The zero-order valence-corrected chi connectivity index (χ0v) is 11.2. The molecular weight excluding hydrogens is 243 g/mol. The number of nitrogens with zero attached hydrogens (tertiary/aromatic N) is 1. The molecule has 3 nitrogen and oxygen atoms in total. The number of anilines is 1. The van der Waals surface area contributed by atoms with Crippen molar-refractivity contribution >= 4 is 11.6 Å². The van der Waals surface area contributed by atoms with Crippen LogP contribution < -0.4 is 5.32 Å². The molecule has 4 heteroatoms. The van der Waals surface area contributed by atoms with E-state index in [0.29, 0.717) is 18.8 Å². The third kappa shape index (κ3) is 4.58. The van der Waals surface area contributed by atoms with E-state index in [1.165, 1.54) is 12.1 Å². The number of benzene rings is 1. The average molecular weight is 262 g/mol. The van der Waals surface area contributed by atoms with Crippen molar-refractivity contribution in [1.29, 1.82) is 0 Å². The summed E-state index contributed by atoms with van der Waals surface area (Å²) in [6.45, 7) is 10.1. The van der Waals surface area contributed by atoms with Crippen LogP contribution in [0.3, 0.4) is 0 Å². The Balaban J connectivity index is 2.63. The van der Waals surface area contributed by atoms with Crippen LogP contribution in [0, 0.1) is 12.7 Å². The van der Waals surface area contributed by atoms with E-state index < -0.39 is 0 Å². The van der Waals surface area contributed by atoms with Gasteiger partial charge in [0.1, 0.15) is 5.82 Å². The number of carbonyl (C=O) groups is 1. The van der Waals surface area contributed by atoms with Crippen LogP contribution in [0.1, 0.15) is 5.56 Å². The molecular formula is C15H19FN2O. The Morgan fingerprint density at radius 1 is 1.37 bits per heavy atom. The Bertz CT molecular complexity index is 461. The molecule has 0 atom stereocenters. The van der Waals surface area contributed by atoms with E-state index >= 15 is 0 Å². The minimum absolute atomic E-state index is 0.0801. The molecule has 0 heterocycles. The first kappa shape index (κ1) is 15.0. The van der Waals surface area contributed by atoms with Crippen molar-refractivity contribution in [3.63, 3.8) is 0 Å². The molecule has 0 spiro atoms. The van der Waals surface area contributed by atoms with Gasteiger partial charge in [-0.05, 0) is 24.6 Å². The van der Waals surface area contributed by atoms with Crippen molar-refractivity contribution in [3.8, 4) is 0 Å². The molecule has 19 heavy (non-hydrogen) atoms. The number of amides is 1. The molecule has 1 aromatic rings. The van der Waals surface area contributed by atoms with Gasteiger partial charge in [0.2, 0.25) is 5.91 Å². The lowest BCUT2D eigenvalue weighted by Gasteiger charge is -2.20. The standard InChI is InChI=1S/C15H19FN2O/c1-4-8-18(9-5-2)15(19)11-17-14-10-13(16)7-6-12(14)3/h4-7,10,17H,1-2,8-9,11H2,3H3. The third-order valence-electron chi connectivity index (χ3n) is 2.68. The van der Waals surface area contributed by atoms with Gasteiger partial charge in [-0.25, -0.2) is 4.39 Å². The summed E-state index contributed by atoms with van der Waals surface area (Å²) in [7, 11) is 0. The molecule has 0 fully saturated rings. The van der Waals surface area contributed by atoms with Crippen molar-refractivity contribution in [2.24, 2.45) is 0 Å². The molecule has 0 aliphatic carbocycles. The molecule has 0 saturated carbocycles. The number of nitrogens with one attached hydrogen (secondary N) is 1. The second-order valence-corrected chi connectivity index (χ2v) is 4.19. The maximum atomic E-state index is 13.1. The van der Waals surface area contributed by atoms with Crippen LogP contribution >= 0.6 is 0 Å². The van der Waals surface area contributed by atoms with Crippen LogP contribution in [0.2, 0.25) is 0 Å². The second kappa shape index (κ2) is 7.36. The Morgan fingerprint density at radius 3 is 2.58 bits per heavy atom. The smallest absolute Gasteiger partial charge is 0.242 e. The summed E-state index contributed by atoms with van der Waals surface area (Å²) in [6.07, 6.45) is 3.32. The largest absolute Gasteiger partial charge is 0.376 e. The molecule has 1 rings (SSSR count). The summed E-state index contributed by atoms with van der Waals surface area (Å²) >= 11 is 0. The number of aryl methyl sites for hydroxylation is 1. The van der Waals surface area contributed by atoms with Crippen molar-refractivity contribution < 1.29 is 9.18 Å². The summed E-state index contributed by atoms with van der Waals surface area (Å²) in [5.41, 5.74) is 1.53. The van der Waals surface area contributed by atoms with Crippen molar-refractivity contribution in [2.75, 3.05) is 25.0 Å². The number of rotatable bonds is 7. The Hall–Kier alpha value is -2.10. The van der Waals surface area contributed by atoms with E-state index in [1.54, 1.807) is 23.1 Å².